The first-order chi connectivity index (χ1) is 32.0. The lowest BCUT2D eigenvalue weighted by Gasteiger charge is -2.14. The number of ether oxygens (including phenoxy) is 8. The molecule has 0 amide bonds. The standard InChI is InChI=1S/C54H46O12/c1-59-43-16-12-33(27-47(43)63-5)51(55)39-21-37(22-40(25-39)52(56)34-13-17-44(60-2)48(28-34)64-6)31-10-9-11-32(20-31)38-23-41(53(57)35-14-18-45(61-3)49(29-35)65-7)26-42(24-38)54(58)36-15-19-46(62-4)50(30-36)66-8/h9-30H,1-8H3. The molecule has 0 radical (unpaired) electrons. The predicted molar refractivity (Wildman–Crippen MR) is 249 cm³/mol. The highest BCUT2D eigenvalue weighted by Crippen LogP contribution is 2.36. The summed E-state index contributed by atoms with van der Waals surface area (Å²) in [6, 6.07) is 36.8. The lowest BCUT2D eigenvalue weighted by atomic mass is 9.90. The topological polar surface area (TPSA) is 142 Å². The normalized spacial score (nSPS) is 10.7. The molecular weight excluding hydrogens is 841 g/mol. The molecule has 0 saturated heterocycles. The maximum absolute atomic E-state index is 14.3. The summed E-state index contributed by atoms with van der Waals surface area (Å²) >= 11 is 0. The molecule has 0 unspecified atom stereocenters. The third-order valence-corrected chi connectivity index (χ3v) is 11.0. The van der Waals surface area contributed by atoms with Crippen LogP contribution in [-0.2, 0) is 0 Å². The van der Waals surface area contributed by atoms with Crippen molar-refractivity contribution in [2.75, 3.05) is 56.9 Å². The Bertz CT molecular complexity index is 2630. The van der Waals surface area contributed by atoms with Gasteiger partial charge in [0.15, 0.2) is 69.1 Å². The second-order valence-corrected chi connectivity index (χ2v) is 14.8. The van der Waals surface area contributed by atoms with E-state index in [9.17, 15) is 19.2 Å². The van der Waals surface area contributed by atoms with Gasteiger partial charge in [0, 0.05) is 44.5 Å². The monoisotopic (exact) mass is 886 g/mol. The minimum Gasteiger partial charge on any atom is -0.493 e. The van der Waals surface area contributed by atoms with E-state index in [4.69, 9.17) is 37.9 Å². The average molecular weight is 887 g/mol. The van der Waals surface area contributed by atoms with E-state index >= 15 is 0 Å². The predicted octanol–water partition coefficient (Wildman–Crippen LogP) is 10.0. The highest BCUT2D eigenvalue weighted by Gasteiger charge is 2.22. The molecule has 0 bridgehead atoms. The molecule has 0 spiro atoms. The van der Waals surface area contributed by atoms with Gasteiger partial charge in [0.2, 0.25) is 0 Å². The van der Waals surface area contributed by atoms with Crippen molar-refractivity contribution in [1.82, 2.24) is 0 Å². The summed E-state index contributed by atoms with van der Waals surface area (Å²) in [4.78, 5) is 57.3. The number of carbonyl (C=O) groups excluding carboxylic acids is 4. The summed E-state index contributed by atoms with van der Waals surface area (Å²) in [6.07, 6.45) is 0. The van der Waals surface area contributed by atoms with Gasteiger partial charge in [0.05, 0.1) is 56.9 Å². The Morgan fingerprint density at radius 3 is 0.712 bits per heavy atom. The van der Waals surface area contributed by atoms with E-state index in [-0.39, 0.29) is 45.4 Å². The fourth-order valence-corrected chi connectivity index (χ4v) is 7.57. The van der Waals surface area contributed by atoms with Gasteiger partial charge in [-0.3, -0.25) is 19.2 Å². The van der Waals surface area contributed by atoms with Crippen LogP contribution in [0.25, 0.3) is 22.3 Å². The molecule has 0 aliphatic rings. The van der Waals surface area contributed by atoms with Crippen LogP contribution in [-0.4, -0.2) is 80.0 Å². The molecule has 0 aromatic heterocycles. The van der Waals surface area contributed by atoms with Crippen molar-refractivity contribution >= 4 is 23.1 Å². The smallest absolute Gasteiger partial charge is 0.193 e. The number of rotatable bonds is 18. The first-order valence-electron chi connectivity index (χ1n) is 20.5. The quantitative estimate of drug-likeness (QED) is 0.0757. The maximum Gasteiger partial charge on any atom is 0.193 e. The molecule has 0 aliphatic carbocycles. The largest absolute Gasteiger partial charge is 0.493 e. The van der Waals surface area contributed by atoms with Gasteiger partial charge >= 0.3 is 0 Å². The van der Waals surface area contributed by atoms with Crippen molar-refractivity contribution < 1.29 is 57.1 Å². The molecule has 0 heterocycles. The highest BCUT2D eigenvalue weighted by atomic mass is 16.5. The number of methoxy groups -OCH3 is 8. The first-order valence-corrected chi connectivity index (χ1v) is 20.5. The summed E-state index contributed by atoms with van der Waals surface area (Å²) in [5.74, 6) is 1.80. The number of ketones is 4. The van der Waals surface area contributed by atoms with E-state index in [0.29, 0.717) is 90.5 Å². The van der Waals surface area contributed by atoms with Crippen LogP contribution < -0.4 is 37.9 Å². The van der Waals surface area contributed by atoms with E-state index in [1.54, 1.807) is 109 Å². The molecular formula is C54H46O12. The van der Waals surface area contributed by atoms with Crippen molar-refractivity contribution in [1.29, 1.82) is 0 Å². The van der Waals surface area contributed by atoms with Gasteiger partial charge in [-0.05, 0) is 138 Å². The number of hydrogen-bond acceptors (Lipinski definition) is 12. The Labute approximate surface area is 382 Å². The van der Waals surface area contributed by atoms with Crippen LogP contribution in [0, 0.1) is 0 Å². The van der Waals surface area contributed by atoms with Crippen molar-refractivity contribution in [2.45, 2.75) is 0 Å². The Morgan fingerprint density at radius 2 is 0.485 bits per heavy atom. The van der Waals surface area contributed by atoms with Gasteiger partial charge in [-0.25, -0.2) is 0 Å². The maximum atomic E-state index is 14.3. The highest BCUT2D eigenvalue weighted by molar-refractivity contribution is 6.16. The Balaban J connectivity index is 1.38. The van der Waals surface area contributed by atoms with E-state index in [1.807, 2.05) is 24.3 Å². The SMILES string of the molecule is COc1ccc(C(=O)c2cc(C(=O)c3ccc(OC)c(OC)c3)cc(-c3cccc(-c4cc(C(=O)c5ccc(OC)c(OC)c5)cc(C(=O)c5ccc(OC)c(OC)c5)c4)c3)c2)cc1OC. The Hall–Kier alpha value is -8.38. The van der Waals surface area contributed by atoms with Gasteiger partial charge < -0.3 is 37.9 Å². The third-order valence-electron chi connectivity index (χ3n) is 11.0. The zero-order valence-electron chi connectivity index (χ0n) is 37.6. The molecule has 7 aromatic carbocycles. The van der Waals surface area contributed by atoms with E-state index in [2.05, 4.69) is 0 Å². The van der Waals surface area contributed by atoms with Crippen molar-refractivity contribution in [3.63, 3.8) is 0 Å². The van der Waals surface area contributed by atoms with Gasteiger partial charge in [-0.1, -0.05) is 18.2 Å². The minimum atomic E-state index is -0.366. The molecule has 66 heavy (non-hydrogen) atoms. The molecule has 12 heteroatoms. The fourth-order valence-electron chi connectivity index (χ4n) is 7.57. The first kappa shape index (κ1) is 45.6. The molecule has 0 N–H and O–H groups in total. The zero-order chi connectivity index (χ0) is 47.1. The van der Waals surface area contributed by atoms with Gasteiger partial charge in [0.25, 0.3) is 0 Å². The summed E-state index contributed by atoms with van der Waals surface area (Å²) in [5.41, 5.74) is 4.56. The van der Waals surface area contributed by atoms with Crippen LogP contribution in [0.1, 0.15) is 63.7 Å². The minimum absolute atomic E-state index is 0.235. The van der Waals surface area contributed by atoms with Gasteiger partial charge in [-0.15, -0.1) is 0 Å². The molecule has 0 fully saturated rings. The second-order valence-electron chi connectivity index (χ2n) is 14.8. The number of benzene rings is 7. The molecule has 0 aliphatic heterocycles. The van der Waals surface area contributed by atoms with E-state index in [1.165, 1.54) is 56.9 Å². The number of hydrogen-bond donors (Lipinski definition) is 0. The number of carbonyl (C=O) groups is 4. The third kappa shape index (κ3) is 9.29. The van der Waals surface area contributed by atoms with Gasteiger partial charge in [0.1, 0.15) is 0 Å². The molecule has 7 rings (SSSR count). The van der Waals surface area contributed by atoms with Crippen LogP contribution in [0.3, 0.4) is 0 Å². The molecule has 0 saturated carbocycles. The van der Waals surface area contributed by atoms with Crippen molar-refractivity contribution in [3.8, 4) is 68.2 Å². The van der Waals surface area contributed by atoms with Crippen LogP contribution in [0.15, 0.2) is 133 Å². The van der Waals surface area contributed by atoms with Gasteiger partial charge in [-0.2, -0.15) is 0 Å². The Kier molecular flexibility index (Phi) is 13.8. The van der Waals surface area contributed by atoms with Crippen molar-refractivity contribution in [2.24, 2.45) is 0 Å². The van der Waals surface area contributed by atoms with Crippen molar-refractivity contribution in [3.05, 3.63) is 178 Å². The van der Waals surface area contributed by atoms with Crippen LogP contribution in [0.5, 0.6) is 46.0 Å². The summed E-state index contributed by atoms with van der Waals surface area (Å²) in [6.45, 7) is 0. The molecule has 0 atom stereocenters. The summed E-state index contributed by atoms with van der Waals surface area (Å²) < 4.78 is 43.6. The van der Waals surface area contributed by atoms with E-state index in [0.717, 1.165) is 0 Å². The second kappa shape index (κ2) is 20.0. The summed E-state index contributed by atoms with van der Waals surface area (Å²) in [5, 5.41) is 0. The van der Waals surface area contributed by atoms with E-state index < -0.39 is 0 Å². The van der Waals surface area contributed by atoms with Crippen LogP contribution >= 0.6 is 0 Å². The molecule has 7 aromatic rings. The molecule has 334 valence electrons. The fraction of sp³-hybridized carbons (Fsp3) is 0.148. The average Bonchev–Trinajstić information content (AvgIpc) is 3.38. The summed E-state index contributed by atoms with van der Waals surface area (Å²) in [7, 11) is 12.0. The lowest BCUT2D eigenvalue weighted by Crippen LogP contribution is -2.08. The molecule has 12 nitrogen and oxygen atoms in total. The van der Waals surface area contributed by atoms with Crippen LogP contribution in [0.4, 0.5) is 0 Å². The zero-order valence-corrected chi connectivity index (χ0v) is 37.6. The Morgan fingerprint density at radius 1 is 0.242 bits per heavy atom. The lowest BCUT2D eigenvalue weighted by molar-refractivity contribution is 0.102. The van der Waals surface area contributed by atoms with Crippen LogP contribution in [0.2, 0.25) is 0 Å².